The van der Waals surface area contributed by atoms with Gasteiger partial charge in [-0.25, -0.2) is 9.98 Å². The van der Waals surface area contributed by atoms with Crippen molar-refractivity contribution in [2.24, 2.45) is 4.99 Å². The molecule has 2 rings (SSSR count). The number of pyridine rings is 1. The zero-order chi connectivity index (χ0) is 18.2. The van der Waals surface area contributed by atoms with Crippen molar-refractivity contribution in [2.45, 2.75) is 51.7 Å². The molecule has 0 bridgehead atoms. The summed E-state index contributed by atoms with van der Waals surface area (Å²) in [5.74, 6) is 0.649. The zero-order valence-corrected chi connectivity index (χ0v) is 17.0. The fourth-order valence-electron chi connectivity index (χ4n) is 2.68. The minimum absolute atomic E-state index is 0.187. The number of ether oxygens (including phenoxy) is 2. The molecule has 0 unspecified atom stereocenters. The van der Waals surface area contributed by atoms with Crippen LogP contribution in [0, 0.1) is 6.92 Å². The number of aliphatic imine (C=N–C) groups is 1. The van der Waals surface area contributed by atoms with Crippen molar-refractivity contribution in [1.82, 2.24) is 9.88 Å². The lowest BCUT2D eigenvalue weighted by Gasteiger charge is -2.28. The van der Waals surface area contributed by atoms with Gasteiger partial charge in [-0.3, -0.25) is 0 Å². The highest BCUT2D eigenvalue weighted by Gasteiger charge is 2.24. The molecule has 0 radical (unpaired) electrons. The highest BCUT2D eigenvalue weighted by atomic mass is 79.9. The maximum Gasteiger partial charge on any atom is 0.228 e. The SMILES string of the molecule is C=CCOC1CCC(Oc2nc(C)c(N=CN(C)CC)cc2Br)CC1. The average molecular weight is 410 g/mol. The first kappa shape index (κ1) is 19.9. The molecule has 0 saturated heterocycles. The predicted octanol–water partition coefficient (Wildman–Crippen LogP) is 4.66. The largest absolute Gasteiger partial charge is 0.474 e. The van der Waals surface area contributed by atoms with Crippen LogP contribution in [0.25, 0.3) is 0 Å². The van der Waals surface area contributed by atoms with Crippen LogP contribution in [0.3, 0.4) is 0 Å². The maximum absolute atomic E-state index is 6.13. The Bertz CT molecular complexity index is 599. The van der Waals surface area contributed by atoms with E-state index in [1.807, 2.05) is 31.3 Å². The minimum atomic E-state index is 0.187. The fraction of sp³-hybridized carbons (Fsp3) is 0.579. The first-order valence-corrected chi connectivity index (χ1v) is 9.63. The summed E-state index contributed by atoms with van der Waals surface area (Å²) in [5, 5.41) is 0. The monoisotopic (exact) mass is 409 g/mol. The molecule has 5 nitrogen and oxygen atoms in total. The molecular weight excluding hydrogens is 382 g/mol. The van der Waals surface area contributed by atoms with Gasteiger partial charge in [0.25, 0.3) is 0 Å². The van der Waals surface area contributed by atoms with Crippen LogP contribution in [0.15, 0.2) is 28.2 Å². The summed E-state index contributed by atoms with van der Waals surface area (Å²) in [6.07, 6.45) is 8.13. The van der Waals surface area contributed by atoms with Crippen LogP contribution in [0.4, 0.5) is 5.69 Å². The summed E-state index contributed by atoms with van der Waals surface area (Å²) in [6, 6.07) is 1.97. The molecule has 1 aromatic heterocycles. The van der Waals surface area contributed by atoms with Crippen molar-refractivity contribution >= 4 is 28.0 Å². The van der Waals surface area contributed by atoms with Gasteiger partial charge in [0.05, 0.1) is 34.9 Å². The molecule has 1 fully saturated rings. The molecule has 0 atom stereocenters. The molecule has 0 amide bonds. The van der Waals surface area contributed by atoms with Crippen LogP contribution in [0.1, 0.15) is 38.3 Å². The normalized spacial score (nSPS) is 20.6. The standard InChI is InChI=1S/C19H28BrN3O2/c1-5-11-24-15-7-9-16(10-8-15)25-19-17(20)12-18(14(3)22-19)21-13-23(4)6-2/h5,12-13,15-16H,1,6-11H2,2-4H3. The van der Waals surface area contributed by atoms with Crippen molar-refractivity contribution in [2.75, 3.05) is 20.2 Å². The van der Waals surface area contributed by atoms with Gasteiger partial charge in [0.1, 0.15) is 6.10 Å². The number of aromatic nitrogens is 1. The van der Waals surface area contributed by atoms with Gasteiger partial charge < -0.3 is 14.4 Å². The Morgan fingerprint density at radius 3 is 2.68 bits per heavy atom. The number of nitrogens with zero attached hydrogens (tertiary/aromatic N) is 3. The molecule has 1 aromatic rings. The third-order valence-electron chi connectivity index (χ3n) is 4.35. The van der Waals surface area contributed by atoms with E-state index >= 15 is 0 Å². The lowest BCUT2D eigenvalue weighted by molar-refractivity contribution is 0.0147. The Morgan fingerprint density at radius 1 is 1.36 bits per heavy atom. The van der Waals surface area contributed by atoms with Crippen molar-refractivity contribution in [3.63, 3.8) is 0 Å². The topological polar surface area (TPSA) is 47.0 Å². The summed E-state index contributed by atoms with van der Waals surface area (Å²) < 4.78 is 12.7. The Morgan fingerprint density at radius 2 is 2.04 bits per heavy atom. The Labute approximate surface area is 159 Å². The van der Waals surface area contributed by atoms with Crippen LogP contribution in [-0.4, -0.2) is 48.6 Å². The molecule has 0 aliphatic heterocycles. The Hall–Kier alpha value is -1.40. The minimum Gasteiger partial charge on any atom is -0.474 e. The van der Waals surface area contributed by atoms with Gasteiger partial charge in [-0.05, 0) is 61.5 Å². The number of halogens is 1. The molecule has 1 heterocycles. The van der Waals surface area contributed by atoms with Gasteiger partial charge in [-0.1, -0.05) is 6.08 Å². The Kier molecular flexibility index (Phi) is 7.90. The quantitative estimate of drug-likeness (QED) is 0.355. The summed E-state index contributed by atoms with van der Waals surface area (Å²) >= 11 is 3.57. The lowest BCUT2D eigenvalue weighted by atomic mass is 9.95. The number of hydrogen-bond donors (Lipinski definition) is 0. The van der Waals surface area contributed by atoms with Gasteiger partial charge in [-0.15, -0.1) is 6.58 Å². The summed E-state index contributed by atoms with van der Waals surface area (Å²) in [7, 11) is 1.99. The van der Waals surface area contributed by atoms with E-state index < -0.39 is 0 Å². The van der Waals surface area contributed by atoms with Gasteiger partial charge >= 0.3 is 0 Å². The number of hydrogen-bond acceptors (Lipinski definition) is 4. The highest BCUT2D eigenvalue weighted by molar-refractivity contribution is 9.10. The maximum atomic E-state index is 6.13. The van der Waals surface area contributed by atoms with Crippen molar-refractivity contribution < 1.29 is 9.47 Å². The number of rotatable bonds is 8. The van der Waals surface area contributed by atoms with E-state index in [0.717, 1.165) is 48.1 Å². The van der Waals surface area contributed by atoms with Crippen molar-refractivity contribution in [3.05, 3.63) is 28.9 Å². The Balaban J connectivity index is 1.96. The van der Waals surface area contributed by atoms with E-state index in [2.05, 4.69) is 39.4 Å². The summed E-state index contributed by atoms with van der Waals surface area (Å²) in [4.78, 5) is 11.1. The number of aryl methyl sites for hydroxylation is 1. The molecular formula is C19H28BrN3O2. The third kappa shape index (κ3) is 6.12. The van der Waals surface area contributed by atoms with E-state index in [1.54, 1.807) is 6.08 Å². The van der Waals surface area contributed by atoms with Gasteiger partial charge in [0.15, 0.2) is 0 Å². The molecule has 6 heteroatoms. The predicted molar refractivity (Wildman–Crippen MR) is 106 cm³/mol. The van der Waals surface area contributed by atoms with Gasteiger partial charge in [0.2, 0.25) is 5.88 Å². The molecule has 0 aromatic carbocycles. The molecule has 1 aliphatic rings. The summed E-state index contributed by atoms with van der Waals surface area (Å²) in [5.41, 5.74) is 1.71. The highest BCUT2D eigenvalue weighted by Crippen LogP contribution is 2.32. The van der Waals surface area contributed by atoms with E-state index in [0.29, 0.717) is 18.6 Å². The smallest absolute Gasteiger partial charge is 0.228 e. The first-order valence-electron chi connectivity index (χ1n) is 8.84. The van der Waals surface area contributed by atoms with Gasteiger partial charge in [0, 0.05) is 13.6 Å². The first-order chi connectivity index (χ1) is 12.0. The summed E-state index contributed by atoms with van der Waals surface area (Å²) in [6.45, 7) is 9.27. The van der Waals surface area contributed by atoms with Crippen LogP contribution >= 0.6 is 15.9 Å². The van der Waals surface area contributed by atoms with E-state index in [1.165, 1.54) is 0 Å². The van der Waals surface area contributed by atoms with Gasteiger partial charge in [-0.2, -0.15) is 0 Å². The molecule has 138 valence electrons. The second-order valence-electron chi connectivity index (χ2n) is 6.34. The van der Waals surface area contributed by atoms with E-state index in [-0.39, 0.29) is 6.10 Å². The van der Waals surface area contributed by atoms with E-state index in [9.17, 15) is 0 Å². The third-order valence-corrected chi connectivity index (χ3v) is 4.92. The molecule has 0 spiro atoms. The lowest BCUT2D eigenvalue weighted by Crippen LogP contribution is -2.28. The fourth-order valence-corrected chi connectivity index (χ4v) is 3.08. The molecule has 1 saturated carbocycles. The van der Waals surface area contributed by atoms with Crippen LogP contribution < -0.4 is 4.74 Å². The molecule has 0 N–H and O–H groups in total. The molecule has 25 heavy (non-hydrogen) atoms. The second-order valence-corrected chi connectivity index (χ2v) is 7.19. The van der Waals surface area contributed by atoms with Crippen LogP contribution in [0.2, 0.25) is 0 Å². The van der Waals surface area contributed by atoms with Crippen LogP contribution in [-0.2, 0) is 4.74 Å². The second kappa shape index (κ2) is 9.92. The van der Waals surface area contributed by atoms with E-state index in [4.69, 9.17) is 9.47 Å². The average Bonchev–Trinajstić information content (AvgIpc) is 2.62. The zero-order valence-electron chi connectivity index (χ0n) is 15.4. The van der Waals surface area contributed by atoms with Crippen molar-refractivity contribution in [3.8, 4) is 5.88 Å². The molecule has 1 aliphatic carbocycles. The van der Waals surface area contributed by atoms with Crippen LogP contribution in [0.5, 0.6) is 5.88 Å². The van der Waals surface area contributed by atoms with Crippen molar-refractivity contribution in [1.29, 1.82) is 0 Å².